The van der Waals surface area contributed by atoms with Gasteiger partial charge in [0.15, 0.2) is 0 Å². The number of carbonyl (C=O) groups is 1. The van der Waals surface area contributed by atoms with Crippen molar-refractivity contribution in [2.45, 2.75) is 24.8 Å². The number of hydrogen-bond donors (Lipinski definition) is 1. The molecule has 23 heavy (non-hydrogen) atoms. The van der Waals surface area contributed by atoms with Gasteiger partial charge in [0.2, 0.25) is 5.91 Å². The second-order valence-corrected chi connectivity index (χ2v) is 6.14. The topological polar surface area (TPSA) is 56.1 Å². The second kappa shape index (κ2) is 6.05. The SMILES string of the molecule is N#CC1(N2C=CC(NC(=O)Cc3cc(F)ccc3Cl)=CC2)CC1. The van der Waals surface area contributed by atoms with Crippen LogP contribution >= 0.6 is 11.6 Å². The van der Waals surface area contributed by atoms with Crippen molar-refractivity contribution in [3.8, 4) is 6.07 Å². The summed E-state index contributed by atoms with van der Waals surface area (Å²) in [5.41, 5.74) is 0.762. The molecule has 0 aromatic heterocycles. The van der Waals surface area contributed by atoms with Crippen LogP contribution in [0.4, 0.5) is 4.39 Å². The first-order chi connectivity index (χ1) is 11.0. The van der Waals surface area contributed by atoms with Gasteiger partial charge in [-0.05, 0) is 48.8 Å². The van der Waals surface area contributed by atoms with Crippen LogP contribution in [0.1, 0.15) is 18.4 Å². The Morgan fingerprint density at radius 1 is 1.48 bits per heavy atom. The maximum atomic E-state index is 13.2. The molecular weight excluding hydrogens is 317 g/mol. The first kappa shape index (κ1) is 15.6. The fraction of sp³-hybridized carbons (Fsp3) is 0.294. The average Bonchev–Trinajstić information content (AvgIpc) is 3.33. The molecule has 1 aromatic rings. The van der Waals surface area contributed by atoms with Gasteiger partial charge in [0.1, 0.15) is 11.4 Å². The summed E-state index contributed by atoms with van der Waals surface area (Å²) in [6.07, 6.45) is 7.23. The number of carbonyl (C=O) groups excluding carboxylic acids is 1. The highest BCUT2D eigenvalue weighted by Crippen LogP contribution is 2.41. The number of rotatable bonds is 4. The van der Waals surface area contributed by atoms with Gasteiger partial charge in [-0.2, -0.15) is 5.26 Å². The van der Waals surface area contributed by atoms with E-state index < -0.39 is 5.82 Å². The van der Waals surface area contributed by atoms with Crippen LogP contribution in [0.2, 0.25) is 5.02 Å². The van der Waals surface area contributed by atoms with Crippen molar-refractivity contribution in [3.05, 3.63) is 58.7 Å². The summed E-state index contributed by atoms with van der Waals surface area (Å²) >= 11 is 5.96. The van der Waals surface area contributed by atoms with Crippen LogP contribution in [0.15, 0.2) is 42.2 Å². The van der Waals surface area contributed by atoms with E-state index in [0.717, 1.165) is 12.8 Å². The Morgan fingerprint density at radius 2 is 2.26 bits per heavy atom. The molecule has 0 atom stereocenters. The molecule has 0 radical (unpaired) electrons. The lowest BCUT2D eigenvalue weighted by Gasteiger charge is -2.27. The maximum Gasteiger partial charge on any atom is 0.228 e. The van der Waals surface area contributed by atoms with Gasteiger partial charge in [-0.1, -0.05) is 11.6 Å². The molecule has 3 rings (SSSR count). The average molecular weight is 332 g/mol. The molecule has 2 aliphatic rings. The minimum absolute atomic E-state index is 0.00756. The molecule has 1 saturated carbocycles. The lowest BCUT2D eigenvalue weighted by atomic mass is 10.1. The first-order valence-corrected chi connectivity index (χ1v) is 7.70. The number of nitriles is 1. The summed E-state index contributed by atoms with van der Waals surface area (Å²) in [7, 11) is 0. The monoisotopic (exact) mass is 331 g/mol. The second-order valence-electron chi connectivity index (χ2n) is 5.73. The van der Waals surface area contributed by atoms with Crippen molar-refractivity contribution in [1.29, 1.82) is 5.26 Å². The summed E-state index contributed by atoms with van der Waals surface area (Å²) in [4.78, 5) is 14.0. The smallest absolute Gasteiger partial charge is 0.228 e. The maximum absolute atomic E-state index is 13.2. The van der Waals surface area contributed by atoms with Gasteiger partial charge in [0.05, 0.1) is 12.5 Å². The summed E-state index contributed by atoms with van der Waals surface area (Å²) in [6, 6.07) is 6.29. The predicted molar refractivity (Wildman–Crippen MR) is 84.8 cm³/mol. The molecule has 0 spiro atoms. The Kier molecular flexibility index (Phi) is 4.10. The van der Waals surface area contributed by atoms with E-state index in [1.807, 2.05) is 17.2 Å². The van der Waals surface area contributed by atoms with Gasteiger partial charge in [-0.3, -0.25) is 4.79 Å². The Balaban J connectivity index is 1.58. The Labute approximate surface area is 138 Å². The Bertz CT molecular complexity index is 747. The summed E-state index contributed by atoms with van der Waals surface area (Å²) in [5.74, 6) is -0.681. The normalized spacial score (nSPS) is 18.1. The number of hydrogen-bond acceptors (Lipinski definition) is 3. The minimum atomic E-state index is -0.421. The van der Waals surface area contributed by atoms with Crippen molar-refractivity contribution in [3.63, 3.8) is 0 Å². The molecule has 1 fully saturated rings. The molecule has 1 N–H and O–H groups in total. The fourth-order valence-electron chi connectivity index (χ4n) is 2.54. The largest absolute Gasteiger partial charge is 0.356 e. The standard InChI is InChI=1S/C17H15ClFN3O/c18-15-2-1-13(19)9-12(15)10-16(23)21-14-3-7-22(8-4-14)17(11-20)5-6-17/h1-4,7,9H,5-6,8,10H2,(H,21,23). The highest BCUT2D eigenvalue weighted by Gasteiger charge is 2.47. The van der Waals surface area contributed by atoms with Crippen molar-refractivity contribution >= 4 is 17.5 Å². The molecule has 1 aromatic carbocycles. The van der Waals surface area contributed by atoms with Crippen molar-refractivity contribution in [2.24, 2.45) is 0 Å². The van der Waals surface area contributed by atoms with Crippen LogP contribution < -0.4 is 5.32 Å². The van der Waals surface area contributed by atoms with Gasteiger partial charge in [-0.25, -0.2) is 4.39 Å². The van der Waals surface area contributed by atoms with Crippen LogP contribution in [0.5, 0.6) is 0 Å². The predicted octanol–water partition coefficient (Wildman–Crippen LogP) is 2.91. The van der Waals surface area contributed by atoms with E-state index in [0.29, 0.717) is 22.8 Å². The first-order valence-electron chi connectivity index (χ1n) is 7.32. The number of allylic oxidation sites excluding steroid dienone is 1. The van der Waals surface area contributed by atoms with Crippen molar-refractivity contribution in [2.75, 3.05) is 6.54 Å². The lowest BCUT2D eigenvalue weighted by molar-refractivity contribution is -0.119. The van der Waals surface area contributed by atoms with E-state index >= 15 is 0 Å². The number of nitrogens with one attached hydrogen (secondary N) is 1. The van der Waals surface area contributed by atoms with Gasteiger partial charge < -0.3 is 10.2 Å². The van der Waals surface area contributed by atoms with E-state index in [-0.39, 0.29) is 17.9 Å². The van der Waals surface area contributed by atoms with Crippen LogP contribution in [0, 0.1) is 17.1 Å². The molecule has 0 bridgehead atoms. The number of benzene rings is 1. The van der Waals surface area contributed by atoms with Crippen LogP contribution in [0.25, 0.3) is 0 Å². The molecule has 1 aliphatic heterocycles. The van der Waals surface area contributed by atoms with Crippen LogP contribution in [0.3, 0.4) is 0 Å². The quantitative estimate of drug-likeness (QED) is 0.923. The van der Waals surface area contributed by atoms with Gasteiger partial charge in [0, 0.05) is 23.5 Å². The van der Waals surface area contributed by atoms with E-state index in [4.69, 9.17) is 11.6 Å². The zero-order valence-corrected chi connectivity index (χ0v) is 13.1. The summed E-state index contributed by atoms with van der Waals surface area (Å²) in [6.45, 7) is 0.584. The van der Waals surface area contributed by atoms with Crippen LogP contribution in [-0.4, -0.2) is 22.9 Å². The fourth-order valence-corrected chi connectivity index (χ4v) is 2.73. The van der Waals surface area contributed by atoms with Gasteiger partial charge in [-0.15, -0.1) is 0 Å². The minimum Gasteiger partial charge on any atom is -0.356 e. The van der Waals surface area contributed by atoms with E-state index in [1.165, 1.54) is 18.2 Å². The highest BCUT2D eigenvalue weighted by molar-refractivity contribution is 6.31. The third-order valence-electron chi connectivity index (χ3n) is 4.07. The zero-order chi connectivity index (χ0) is 16.4. The highest BCUT2D eigenvalue weighted by atomic mass is 35.5. The summed E-state index contributed by atoms with van der Waals surface area (Å²) < 4.78 is 13.2. The molecular formula is C17H15ClFN3O. The van der Waals surface area contributed by atoms with Crippen molar-refractivity contribution < 1.29 is 9.18 Å². The Morgan fingerprint density at radius 3 is 2.87 bits per heavy atom. The third-order valence-corrected chi connectivity index (χ3v) is 4.43. The molecule has 4 nitrogen and oxygen atoms in total. The Hall–Kier alpha value is -2.32. The zero-order valence-electron chi connectivity index (χ0n) is 12.4. The molecule has 118 valence electrons. The molecule has 0 unspecified atom stereocenters. The molecule has 0 saturated heterocycles. The summed E-state index contributed by atoms with van der Waals surface area (Å²) in [5, 5.41) is 12.3. The molecule has 1 aliphatic carbocycles. The number of nitrogens with zero attached hydrogens (tertiary/aromatic N) is 2. The number of amides is 1. The van der Waals surface area contributed by atoms with Gasteiger partial charge >= 0.3 is 0 Å². The number of halogens is 2. The lowest BCUT2D eigenvalue weighted by Crippen LogP contribution is -2.35. The van der Waals surface area contributed by atoms with E-state index in [1.54, 1.807) is 6.08 Å². The van der Waals surface area contributed by atoms with E-state index in [9.17, 15) is 14.4 Å². The molecule has 1 amide bonds. The van der Waals surface area contributed by atoms with Crippen LogP contribution in [-0.2, 0) is 11.2 Å². The molecule has 6 heteroatoms. The van der Waals surface area contributed by atoms with Crippen molar-refractivity contribution in [1.82, 2.24) is 10.2 Å². The molecule has 1 heterocycles. The third kappa shape index (κ3) is 3.38. The van der Waals surface area contributed by atoms with E-state index in [2.05, 4.69) is 11.4 Å². The van der Waals surface area contributed by atoms with Gasteiger partial charge in [0.25, 0.3) is 0 Å².